The molecule has 6 aromatic rings. The highest BCUT2D eigenvalue weighted by molar-refractivity contribution is 7.99. The highest BCUT2D eigenvalue weighted by Crippen LogP contribution is 2.43. The van der Waals surface area contributed by atoms with Crippen molar-refractivity contribution < 1.29 is 32.9 Å². The molecule has 13 nitrogen and oxygen atoms in total. The Morgan fingerprint density at radius 2 is 1.52 bits per heavy atom. The van der Waals surface area contributed by atoms with Crippen molar-refractivity contribution in [2.75, 3.05) is 5.75 Å². The van der Waals surface area contributed by atoms with Crippen LogP contribution in [-0.2, 0) is 43.9 Å². The van der Waals surface area contributed by atoms with Crippen LogP contribution < -0.4 is 10.0 Å². The van der Waals surface area contributed by atoms with Crippen LogP contribution in [-0.4, -0.2) is 62.6 Å². The number of phenols is 1. The number of hydrogen-bond donors (Lipinski definition) is 4. The summed E-state index contributed by atoms with van der Waals surface area (Å²) in [5.41, 5.74) is 5.76. The molecule has 0 spiro atoms. The molecule has 5 aromatic carbocycles. The Hall–Kier alpha value is -5.42. The average Bonchev–Trinajstić information content (AvgIpc) is 3.72. The van der Waals surface area contributed by atoms with Crippen LogP contribution in [0.3, 0.4) is 0 Å². The highest BCUT2D eigenvalue weighted by atomic mass is 32.2. The smallest absolute Gasteiger partial charge is 0.241 e. The topological polar surface area (TPSA) is 178 Å². The van der Waals surface area contributed by atoms with E-state index in [1.165, 1.54) is 23.9 Å². The van der Waals surface area contributed by atoms with Crippen LogP contribution in [0.4, 0.5) is 0 Å². The Balaban J connectivity index is 1.05. The number of amides is 1. The van der Waals surface area contributed by atoms with Crippen molar-refractivity contribution in [3.63, 3.8) is 0 Å². The second kappa shape index (κ2) is 18.4. The van der Waals surface area contributed by atoms with Gasteiger partial charge in [-0.2, -0.15) is 9.40 Å². The van der Waals surface area contributed by atoms with E-state index in [-0.39, 0.29) is 48.3 Å². The number of benzene rings is 5. The monoisotopic (exact) mass is 820 g/mol. The van der Waals surface area contributed by atoms with E-state index in [4.69, 9.17) is 9.47 Å². The maximum absolute atomic E-state index is 13.6. The van der Waals surface area contributed by atoms with Gasteiger partial charge in [0.2, 0.25) is 21.1 Å². The summed E-state index contributed by atoms with van der Waals surface area (Å²) in [5, 5.41) is 35.1. The van der Waals surface area contributed by atoms with Crippen molar-refractivity contribution >= 4 is 27.7 Å². The minimum Gasteiger partial charge on any atom is -0.508 e. The third-order valence-electron chi connectivity index (χ3n) is 9.98. The fraction of sp³-hybridized carbons (Fsp3) is 0.256. The molecule has 1 amide bonds. The van der Waals surface area contributed by atoms with Gasteiger partial charge in [-0.1, -0.05) is 115 Å². The van der Waals surface area contributed by atoms with E-state index in [1.807, 2.05) is 85.8 Å². The number of nitrogens with one attached hydrogen (secondary N) is 2. The van der Waals surface area contributed by atoms with Crippen molar-refractivity contribution in [1.29, 1.82) is 0 Å². The van der Waals surface area contributed by atoms with Crippen LogP contribution in [0.5, 0.6) is 5.75 Å². The third kappa shape index (κ3) is 9.99. The number of hydrogen-bond acceptors (Lipinski definition) is 11. The predicted molar refractivity (Wildman–Crippen MR) is 218 cm³/mol. The van der Waals surface area contributed by atoms with Gasteiger partial charge in [-0.3, -0.25) is 4.79 Å². The predicted octanol–water partition coefficient (Wildman–Crippen LogP) is 5.96. The molecule has 58 heavy (non-hydrogen) atoms. The fourth-order valence-corrected chi connectivity index (χ4v) is 8.86. The Morgan fingerprint density at radius 1 is 0.845 bits per heavy atom. The molecule has 0 bridgehead atoms. The van der Waals surface area contributed by atoms with Crippen molar-refractivity contribution in [2.45, 2.75) is 68.0 Å². The van der Waals surface area contributed by atoms with Crippen LogP contribution in [0.25, 0.3) is 5.69 Å². The van der Waals surface area contributed by atoms with E-state index in [9.17, 15) is 23.4 Å². The Bertz CT molecular complexity index is 2380. The first-order valence-electron chi connectivity index (χ1n) is 18.8. The van der Waals surface area contributed by atoms with E-state index in [0.29, 0.717) is 16.6 Å². The van der Waals surface area contributed by atoms with E-state index >= 15 is 0 Å². The number of tetrazole rings is 1. The van der Waals surface area contributed by atoms with Gasteiger partial charge in [-0.25, -0.2) is 8.42 Å². The van der Waals surface area contributed by atoms with Crippen LogP contribution in [0.2, 0.25) is 0 Å². The van der Waals surface area contributed by atoms with Gasteiger partial charge in [0.25, 0.3) is 0 Å². The number of aryl methyl sites for hydroxylation is 1. The van der Waals surface area contributed by atoms with Gasteiger partial charge in [0, 0.05) is 23.8 Å². The zero-order chi connectivity index (χ0) is 40.6. The lowest BCUT2D eigenvalue weighted by Gasteiger charge is -2.41. The zero-order valence-electron chi connectivity index (χ0n) is 31.9. The fourth-order valence-electron chi connectivity index (χ4n) is 6.61. The first-order valence-corrected chi connectivity index (χ1v) is 21.2. The molecule has 0 radical (unpaired) electrons. The van der Waals surface area contributed by atoms with Crippen molar-refractivity contribution in [3.05, 3.63) is 161 Å². The second-order valence-corrected chi connectivity index (χ2v) is 16.9. The number of ether oxygens (including phenoxy) is 2. The molecule has 7 rings (SSSR count). The van der Waals surface area contributed by atoms with Gasteiger partial charge in [-0.15, -0.1) is 5.10 Å². The summed E-state index contributed by atoms with van der Waals surface area (Å²) in [7, 11) is -3.98. The van der Waals surface area contributed by atoms with E-state index in [0.717, 1.165) is 33.4 Å². The van der Waals surface area contributed by atoms with Gasteiger partial charge in [0.1, 0.15) is 11.8 Å². The average molecular weight is 821 g/mol. The zero-order valence-corrected chi connectivity index (χ0v) is 33.5. The summed E-state index contributed by atoms with van der Waals surface area (Å²) in [4.78, 5) is 13.7. The number of thioether (sulfide) groups is 1. The number of carbonyl (C=O) groups excluding carboxylic acids is 1. The molecule has 1 saturated heterocycles. The SMILES string of the molecule is Cc1ccc(S(=O)(=O)N[C@H](Cc2ccccc2)C(=O)NCc2ccc(C3O[C@H](CSc4nnnn4-c4ccc(O)cc4)[C@H](C)[C@H](c4ccc(CO)cc4)O3)cc2)cc1. The number of aliphatic hydroxyl groups excluding tert-OH is 1. The maximum atomic E-state index is 13.6. The summed E-state index contributed by atoms with van der Waals surface area (Å²) in [6.07, 6.45) is -1.19. The number of aromatic hydroxyl groups is 1. The van der Waals surface area contributed by atoms with Crippen LogP contribution >= 0.6 is 11.8 Å². The van der Waals surface area contributed by atoms with Gasteiger partial charge in [0.05, 0.1) is 29.4 Å². The quantitative estimate of drug-likeness (QED) is 0.0900. The van der Waals surface area contributed by atoms with Crippen LogP contribution in [0.15, 0.2) is 137 Å². The molecule has 1 unspecified atom stereocenters. The Morgan fingerprint density at radius 3 is 2.21 bits per heavy atom. The Labute approximate surface area is 341 Å². The molecule has 1 aliphatic rings. The van der Waals surface area contributed by atoms with Gasteiger partial charge in [-0.05, 0) is 82.4 Å². The molecule has 4 N–H and O–H groups in total. The molecule has 5 atom stereocenters. The van der Waals surface area contributed by atoms with E-state index in [1.54, 1.807) is 41.1 Å². The molecule has 2 heterocycles. The molecule has 1 aliphatic heterocycles. The standard InChI is InChI=1S/C43H44N6O7S2/c1-28-8-22-37(23-9-28)58(53,54)46-38(24-30-6-4-3-5-7-30)41(52)44-25-31-10-16-34(17-11-31)42-55-39(29(2)40(56-42)33-14-12-32(26-50)13-15-33)27-57-43-45-47-48-49(43)35-18-20-36(51)21-19-35/h3-23,29,38-40,42,46,50-51H,24-27H2,1-2H3,(H,44,52)/t29-,38+,39+,40+,42?/m0/s1. The second-order valence-electron chi connectivity index (χ2n) is 14.2. The summed E-state index contributed by atoms with van der Waals surface area (Å²) in [6.45, 7) is 4.05. The summed E-state index contributed by atoms with van der Waals surface area (Å²) in [6, 6.07) is 36.6. The number of nitrogens with zero attached hydrogens (tertiary/aromatic N) is 4. The largest absolute Gasteiger partial charge is 0.508 e. The number of sulfonamides is 1. The molecule has 0 saturated carbocycles. The van der Waals surface area contributed by atoms with Crippen molar-refractivity contribution in [2.24, 2.45) is 5.92 Å². The van der Waals surface area contributed by atoms with E-state index in [2.05, 4.69) is 32.5 Å². The molecule has 1 aromatic heterocycles. The minimum absolute atomic E-state index is 0.0639. The lowest BCUT2D eigenvalue weighted by atomic mass is 9.91. The van der Waals surface area contributed by atoms with Gasteiger partial charge in [0.15, 0.2) is 6.29 Å². The summed E-state index contributed by atoms with van der Waals surface area (Å²) < 4.78 is 44.2. The number of phenolic OH excluding ortho intramolecular Hbond substituents is 1. The lowest BCUT2D eigenvalue weighted by molar-refractivity contribution is -0.268. The first kappa shape index (κ1) is 40.8. The maximum Gasteiger partial charge on any atom is 0.241 e. The first-order chi connectivity index (χ1) is 28.1. The van der Waals surface area contributed by atoms with Gasteiger partial charge >= 0.3 is 0 Å². The number of rotatable bonds is 15. The molecule has 15 heteroatoms. The normalized spacial score (nSPS) is 18.7. The number of carbonyl (C=O) groups is 1. The lowest BCUT2D eigenvalue weighted by Crippen LogP contribution is -2.47. The number of aliphatic hydroxyl groups is 1. The molecular formula is C43H44N6O7S2. The number of aromatic nitrogens is 4. The van der Waals surface area contributed by atoms with Crippen LogP contribution in [0, 0.1) is 12.8 Å². The minimum atomic E-state index is -3.98. The third-order valence-corrected chi connectivity index (χ3v) is 12.5. The summed E-state index contributed by atoms with van der Waals surface area (Å²) >= 11 is 1.45. The molecule has 0 aliphatic carbocycles. The molecule has 300 valence electrons. The van der Waals surface area contributed by atoms with E-state index < -0.39 is 28.3 Å². The highest BCUT2D eigenvalue weighted by Gasteiger charge is 2.39. The molecule has 1 fully saturated rings. The molecular weight excluding hydrogens is 777 g/mol. The van der Waals surface area contributed by atoms with Crippen molar-refractivity contribution in [1.82, 2.24) is 30.2 Å². The van der Waals surface area contributed by atoms with Crippen molar-refractivity contribution in [3.8, 4) is 11.4 Å². The van der Waals surface area contributed by atoms with Crippen LogP contribution in [0.1, 0.15) is 52.7 Å². The van der Waals surface area contributed by atoms with Gasteiger partial charge < -0.3 is 25.0 Å². The Kier molecular flexibility index (Phi) is 13.0. The summed E-state index contributed by atoms with van der Waals surface area (Å²) in [5.74, 6) is 0.114.